The Morgan fingerprint density at radius 2 is 1.67 bits per heavy atom. The largest absolute Gasteiger partial charge is 0.416 e. The number of nitrogens with one attached hydrogen (secondary N) is 1. The van der Waals surface area contributed by atoms with Crippen molar-refractivity contribution in [1.29, 1.82) is 0 Å². The summed E-state index contributed by atoms with van der Waals surface area (Å²) in [6.45, 7) is 1.90. The standard InChI is InChI=1S/C17H16F3N3O4S3/c1-16(2,29(24,25)12-6-3-5-11(9-12)17(18,19)20)10-21-30(26,27)14-8-4-7-13-15(14)23-28-22-13/h3-9,21H,10H2,1-2H3. The van der Waals surface area contributed by atoms with E-state index in [1.54, 1.807) is 6.07 Å². The Morgan fingerprint density at radius 3 is 2.33 bits per heavy atom. The van der Waals surface area contributed by atoms with E-state index in [0.717, 1.165) is 29.9 Å². The van der Waals surface area contributed by atoms with Gasteiger partial charge in [0.05, 0.1) is 26.9 Å². The molecule has 0 radical (unpaired) electrons. The lowest BCUT2D eigenvalue weighted by atomic mass is 10.2. The Labute approximate surface area is 175 Å². The lowest BCUT2D eigenvalue weighted by Crippen LogP contribution is -2.44. The first-order chi connectivity index (χ1) is 13.8. The average molecular weight is 480 g/mol. The first kappa shape index (κ1) is 22.6. The van der Waals surface area contributed by atoms with E-state index in [9.17, 15) is 30.0 Å². The molecule has 3 aromatic rings. The number of halogens is 3. The molecule has 30 heavy (non-hydrogen) atoms. The van der Waals surface area contributed by atoms with Crippen LogP contribution in [-0.4, -0.2) is 36.9 Å². The number of benzene rings is 2. The number of sulfonamides is 1. The highest BCUT2D eigenvalue weighted by Gasteiger charge is 2.39. The van der Waals surface area contributed by atoms with E-state index < -0.39 is 47.8 Å². The van der Waals surface area contributed by atoms with Crippen LogP contribution in [0.2, 0.25) is 0 Å². The second-order valence-electron chi connectivity index (χ2n) is 7.00. The summed E-state index contributed by atoms with van der Waals surface area (Å²) in [5, 5.41) is 0. The highest BCUT2D eigenvalue weighted by molar-refractivity contribution is 7.93. The summed E-state index contributed by atoms with van der Waals surface area (Å²) in [5.41, 5.74) is -0.588. The predicted molar refractivity (Wildman–Crippen MR) is 105 cm³/mol. The smallest absolute Gasteiger partial charge is 0.223 e. The van der Waals surface area contributed by atoms with E-state index in [0.29, 0.717) is 11.6 Å². The summed E-state index contributed by atoms with van der Waals surface area (Å²) in [7, 11) is -8.46. The van der Waals surface area contributed by atoms with Crippen molar-refractivity contribution < 1.29 is 30.0 Å². The molecule has 1 N–H and O–H groups in total. The molecule has 0 saturated carbocycles. The van der Waals surface area contributed by atoms with Crippen molar-refractivity contribution in [3.63, 3.8) is 0 Å². The van der Waals surface area contributed by atoms with Crippen LogP contribution in [0.25, 0.3) is 11.0 Å². The van der Waals surface area contributed by atoms with E-state index in [1.165, 1.54) is 26.0 Å². The van der Waals surface area contributed by atoms with E-state index in [1.807, 2.05) is 0 Å². The zero-order valence-electron chi connectivity index (χ0n) is 15.6. The minimum absolute atomic E-state index is 0.147. The lowest BCUT2D eigenvalue weighted by molar-refractivity contribution is -0.137. The Bertz CT molecular complexity index is 1300. The molecule has 7 nitrogen and oxygen atoms in total. The second-order valence-corrected chi connectivity index (χ2v) is 11.8. The summed E-state index contributed by atoms with van der Waals surface area (Å²) in [6.07, 6.45) is -4.71. The van der Waals surface area contributed by atoms with Crippen LogP contribution in [0.3, 0.4) is 0 Å². The van der Waals surface area contributed by atoms with E-state index in [2.05, 4.69) is 13.5 Å². The maximum atomic E-state index is 12.9. The number of alkyl halides is 3. The highest BCUT2D eigenvalue weighted by Crippen LogP contribution is 2.33. The van der Waals surface area contributed by atoms with Gasteiger partial charge in [0.2, 0.25) is 10.0 Å². The third kappa shape index (κ3) is 4.19. The third-order valence-electron chi connectivity index (χ3n) is 4.43. The van der Waals surface area contributed by atoms with Gasteiger partial charge in [-0.2, -0.15) is 21.9 Å². The van der Waals surface area contributed by atoms with Crippen molar-refractivity contribution in [2.45, 2.75) is 34.6 Å². The van der Waals surface area contributed by atoms with Gasteiger partial charge >= 0.3 is 6.18 Å². The van der Waals surface area contributed by atoms with Crippen LogP contribution in [0.4, 0.5) is 13.2 Å². The molecule has 162 valence electrons. The predicted octanol–water partition coefficient (Wildman–Crippen LogP) is 3.24. The summed E-state index contributed by atoms with van der Waals surface area (Å²) in [5.74, 6) is 0. The molecule has 0 aliphatic heterocycles. The van der Waals surface area contributed by atoms with Gasteiger partial charge in [0, 0.05) is 6.54 Å². The van der Waals surface area contributed by atoms with Gasteiger partial charge in [0.1, 0.15) is 15.9 Å². The molecule has 0 fully saturated rings. The summed E-state index contributed by atoms with van der Waals surface area (Å²) in [6, 6.07) is 7.70. The molecular formula is C17H16F3N3O4S3. The Hall–Kier alpha value is -2.09. The van der Waals surface area contributed by atoms with Crippen molar-refractivity contribution >= 4 is 42.6 Å². The van der Waals surface area contributed by atoms with Gasteiger partial charge in [-0.15, -0.1) is 0 Å². The number of hydrogen-bond acceptors (Lipinski definition) is 7. The topological polar surface area (TPSA) is 106 Å². The molecule has 0 unspecified atom stereocenters. The third-order valence-corrected chi connectivity index (χ3v) is 8.87. The maximum Gasteiger partial charge on any atom is 0.416 e. The van der Waals surface area contributed by atoms with Crippen LogP contribution in [0.15, 0.2) is 52.3 Å². The minimum atomic E-state index is -4.71. The van der Waals surface area contributed by atoms with Crippen LogP contribution in [0, 0.1) is 0 Å². The quantitative estimate of drug-likeness (QED) is 0.582. The van der Waals surface area contributed by atoms with E-state index in [-0.39, 0.29) is 10.4 Å². The zero-order chi connectivity index (χ0) is 22.4. The molecule has 0 aliphatic carbocycles. The molecular weight excluding hydrogens is 463 g/mol. The van der Waals surface area contributed by atoms with Crippen molar-refractivity contribution in [3.05, 3.63) is 48.0 Å². The summed E-state index contributed by atoms with van der Waals surface area (Å²) < 4.78 is 98.6. The van der Waals surface area contributed by atoms with E-state index in [4.69, 9.17) is 0 Å². The van der Waals surface area contributed by atoms with Crippen molar-refractivity contribution in [2.75, 3.05) is 6.54 Å². The number of fused-ring (bicyclic) bond motifs is 1. The first-order valence-electron chi connectivity index (χ1n) is 8.38. The fourth-order valence-corrected chi connectivity index (χ4v) is 6.11. The molecule has 1 aromatic heterocycles. The lowest BCUT2D eigenvalue weighted by Gasteiger charge is -2.25. The van der Waals surface area contributed by atoms with Crippen molar-refractivity contribution in [1.82, 2.24) is 13.5 Å². The fourth-order valence-electron chi connectivity index (χ4n) is 2.60. The molecule has 0 saturated heterocycles. The number of sulfone groups is 1. The SMILES string of the molecule is CC(C)(CNS(=O)(=O)c1cccc2nsnc12)S(=O)(=O)c1cccc(C(F)(F)F)c1. The van der Waals surface area contributed by atoms with Crippen LogP contribution in [0.1, 0.15) is 19.4 Å². The molecule has 13 heteroatoms. The highest BCUT2D eigenvalue weighted by atomic mass is 32.2. The fraction of sp³-hybridized carbons (Fsp3) is 0.294. The van der Waals surface area contributed by atoms with Gasteiger partial charge < -0.3 is 0 Å². The van der Waals surface area contributed by atoms with Gasteiger partial charge in [0.15, 0.2) is 9.84 Å². The molecule has 0 aliphatic rings. The minimum Gasteiger partial charge on any atom is -0.223 e. The Morgan fingerprint density at radius 1 is 1.00 bits per heavy atom. The molecule has 0 spiro atoms. The van der Waals surface area contributed by atoms with Crippen LogP contribution < -0.4 is 4.72 Å². The summed E-state index contributed by atoms with van der Waals surface area (Å²) >= 11 is 0.832. The maximum absolute atomic E-state index is 12.9. The van der Waals surface area contributed by atoms with Crippen LogP contribution >= 0.6 is 11.7 Å². The van der Waals surface area contributed by atoms with Crippen LogP contribution in [-0.2, 0) is 26.0 Å². The number of aromatic nitrogens is 2. The van der Waals surface area contributed by atoms with Gasteiger partial charge in [-0.05, 0) is 44.2 Å². The van der Waals surface area contributed by atoms with Crippen molar-refractivity contribution in [2.24, 2.45) is 0 Å². The van der Waals surface area contributed by atoms with Crippen molar-refractivity contribution in [3.8, 4) is 0 Å². The monoisotopic (exact) mass is 479 g/mol. The summed E-state index contributed by atoms with van der Waals surface area (Å²) in [4.78, 5) is -0.714. The molecule has 0 bridgehead atoms. The molecule has 0 atom stereocenters. The van der Waals surface area contributed by atoms with E-state index >= 15 is 0 Å². The number of nitrogens with zero attached hydrogens (tertiary/aromatic N) is 2. The Kier molecular flexibility index (Phi) is 5.69. The normalized spacial score (nSPS) is 13.6. The zero-order valence-corrected chi connectivity index (χ0v) is 18.1. The van der Waals surface area contributed by atoms with Gasteiger partial charge in [-0.3, -0.25) is 0 Å². The second kappa shape index (κ2) is 7.55. The Balaban J connectivity index is 1.90. The molecule has 2 aromatic carbocycles. The first-order valence-corrected chi connectivity index (χ1v) is 12.1. The van der Waals surface area contributed by atoms with Gasteiger partial charge in [-0.1, -0.05) is 12.1 Å². The molecule has 3 rings (SSSR count). The van der Waals surface area contributed by atoms with Gasteiger partial charge in [-0.25, -0.2) is 21.6 Å². The van der Waals surface area contributed by atoms with Crippen LogP contribution in [0.5, 0.6) is 0 Å². The average Bonchev–Trinajstić information content (AvgIpc) is 3.14. The van der Waals surface area contributed by atoms with Gasteiger partial charge in [0.25, 0.3) is 0 Å². The molecule has 0 amide bonds. The number of rotatable bonds is 6. The molecule has 1 heterocycles. The number of hydrogen-bond donors (Lipinski definition) is 1.